The van der Waals surface area contributed by atoms with Gasteiger partial charge in [-0.05, 0) is 12.1 Å². The molecule has 0 radical (unpaired) electrons. The molecule has 5 heteroatoms. The summed E-state index contributed by atoms with van der Waals surface area (Å²) in [5, 5.41) is 8.55. The Morgan fingerprint density at radius 1 is 1.25 bits per heavy atom. The van der Waals surface area contributed by atoms with Gasteiger partial charge >= 0.3 is 0 Å². The highest BCUT2D eigenvalue weighted by Crippen LogP contribution is 2.36. The number of ketones is 1. The molecule has 16 heavy (non-hydrogen) atoms. The van der Waals surface area contributed by atoms with Crippen LogP contribution in [0.3, 0.4) is 0 Å². The molecule has 0 amide bonds. The zero-order valence-corrected chi connectivity index (χ0v) is 9.23. The normalized spacial score (nSPS) is 9.69. The number of para-hydroxylation sites is 1. The fraction of sp³-hybridized carbons (Fsp3) is 0.364. The smallest absolute Gasteiger partial charge is 0.203 e. The Kier molecular flexibility index (Phi) is 4.60. The molecule has 5 nitrogen and oxygen atoms in total. The highest BCUT2D eigenvalue weighted by atomic mass is 16.5. The quantitative estimate of drug-likeness (QED) is 0.771. The lowest BCUT2D eigenvalue weighted by molar-refractivity contribution is -0.123. The summed E-state index contributed by atoms with van der Waals surface area (Å²) in [5.41, 5.74) is 0. The third kappa shape index (κ3) is 2.87. The van der Waals surface area contributed by atoms with Crippen molar-refractivity contribution in [3.63, 3.8) is 0 Å². The van der Waals surface area contributed by atoms with Crippen molar-refractivity contribution in [3.8, 4) is 17.2 Å². The second-order valence-electron chi connectivity index (χ2n) is 2.98. The highest BCUT2D eigenvalue weighted by Gasteiger charge is 2.11. The Bertz CT molecular complexity index is 361. The van der Waals surface area contributed by atoms with E-state index in [2.05, 4.69) is 0 Å². The zero-order chi connectivity index (χ0) is 12.0. The molecule has 0 fully saturated rings. The minimum Gasteiger partial charge on any atom is -0.493 e. The standard InChI is InChI=1S/C11H14O5/c1-14-9-4-3-5-10(11(9)15-2)16-7-8(13)6-12/h3-5,12H,6-7H2,1-2H3. The molecule has 1 aromatic carbocycles. The molecule has 0 saturated heterocycles. The predicted octanol–water partition coefficient (Wildman–Crippen LogP) is 0.644. The van der Waals surface area contributed by atoms with E-state index in [-0.39, 0.29) is 6.61 Å². The third-order valence-electron chi connectivity index (χ3n) is 1.93. The maximum absolute atomic E-state index is 10.9. The van der Waals surface area contributed by atoms with E-state index in [0.29, 0.717) is 17.2 Å². The molecule has 1 aromatic rings. The molecule has 1 N–H and O–H groups in total. The van der Waals surface area contributed by atoms with E-state index in [1.165, 1.54) is 14.2 Å². The maximum Gasteiger partial charge on any atom is 0.203 e. The second kappa shape index (κ2) is 5.97. The summed E-state index contributed by atoms with van der Waals surface area (Å²) in [4.78, 5) is 10.9. The molecule has 0 aliphatic carbocycles. The van der Waals surface area contributed by atoms with E-state index >= 15 is 0 Å². The number of aliphatic hydroxyl groups is 1. The summed E-state index contributed by atoms with van der Waals surface area (Å²) in [5.74, 6) is 0.959. The van der Waals surface area contributed by atoms with Gasteiger partial charge in [0.25, 0.3) is 0 Å². The molecule has 0 heterocycles. The SMILES string of the molecule is COc1cccc(OCC(=O)CO)c1OC. The van der Waals surface area contributed by atoms with Crippen molar-refractivity contribution >= 4 is 5.78 Å². The van der Waals surface area contributed by atoms with Gasteiger partial charge in [0.05, 0.1) is 14.2 Å². The van der Waals surface area contributed by atoms with Crippen LogP contribution < -0.4 is 14.2 Å². The summed E-state index contributed by atoms with van der Waals surface area (Å²) in [6.07, 6.45) is 0. The van der Waals surface area contributed by atoms with Crippen LogP contribution in [0.1, 0.15) is 0 Å². The number of hydrogen-bond donors (Lipinski definition) is 1. The first kappa shape index (κ1) is 12.3. The molecule has 0 saturated carbocycles. The summed E-state index contributed by atoms with van der Waals surface area (Å²) < 4.78 is 15.4. The van der Waals surface area contributed by atoms with Crippen molar-refractivity contribution in [2.75, 3.05) is 27.4 Å². The first-order valence-corrected chi connectivity index (χ1v) is 4.69. The summed E-state index contributed by atoms with van der Waals surface area (Å²) >= 11 is 0. The first-order valence-electron chi connectivity index (χ1n) is 4.69. The van der Waals surface area contributed by atoms with Crippen LogP contribution in [0.25, 0.3) is 0 Å². The van der Waals surface area contributed by atoms with Crippen molar-refractivity contribution in [1.82, 2.24) is 0 Å². The summed E-state index contributed by atoms with van der Waals surface area (Å²) in [6.45, 7) is -0.730. The van der Waals surface area contributed by atoms with Gasteiger partial charge in [-0.3, -0.25) is 4.79 Å². The van der Waals surface area contributed by atoms with Crippen LogP contribution in [0.4, 0.5) is 0 Å². The van der Waals surface area contributed by atoms with E-state index in [9.17, 15) is 4.79 Å². The minimum absolute atomic E-state index is 0.194. The van der Waals surface area contributed by atoms with E-state index in [1.807, 2.05) is 0 Å². The number of Topliss-reactive ketones (excluding diaryl/α,β-unsaturated/α-hetero) is 1. The van der Waals surface area contributed by atoms with Gasteiger partial charge in [-0.1, -0.05) is 6.07 Å². The van der Waals surface area contributed by atoms with Gasteiger partial charge in [0.1, 0.15) is 13.2 Å². The van der Waals surface area contributed by atoms with Crippen LogP contribution in [-0.2, 0) is 4.79 Å². The molecule has 0 aromatic heterocycles. The maximum atomic E-state index is 10.9. The fourth-order valence-corrected chi connectivity index (χ4v) is 1.18. The average molecular weight is 226 g/mol. The van der Waals surface area contributed by atoms with Gasteiger partial charge in [-0.15, -0.1) is 0 Å². The first-order chi connectivity index (χ1) is 7.72. The Balaban J connectivity index is 2.82. The van der Waals surface area contributed by atoms with Crippen molar-refractivity contribution in [2.45, 2.75) is 0 Å². The second-order valence-corrected chi connectivity index (χ2v) is 2.98. The number of methoxy groups -OCH3 is 2. The monoisotopic (exact) mass is 226 g/mol. The Labute approximate surface area is 93.6 Å². The van der Waals surface area contributed by atoms with E-state index in [0.717, 1.165) is 0 Å². The van der Waals surface area contributed by atoms with Crippen molar-refractivity contribution in [2.24, 2.45) is 0 Å². The van der Waals surface area contributed by atoms with E-state index in [1.54, 1.807) is 18.2 Å². The topological polar surface area (TPSA) is 65.0 Å². The van der Waals surface area contributed by atoms with E-state index in [4.69, 9.17) is 19.3 Å². The predicted molar refractivity (Wildman–Crippen MR) is 57.1 cm³/mol. The lowest BCUT2D eigenvalue weighted by Gasteiger charge is -2.12. The van der Waals surface area contributed by atoms with Crippen LogP contribution in [-0.4, -0.2) is 38.3 Å². The van der Waals surface area contributed by atoms with Crippen LogP contribution >= 0.6 is 0 Å². The number of carbonyl (C=O) groups excluding carboxylic acids is 1. The minimum atomic E-state index is -0.535. The van der Waals surface area contributed by atoms with E-state index < -0.39 is 12.4 Å². The molecule has 0 aliphatic heterocycles. The lowest BCUT2D eigenvalue weighted by Crippen LogP contribution is -2.15. The average Bonchev–Trinajstić information content (AvgIpc) is 2.34. The van der Waals surface area contributed by atoms with Crippen molar-refractivity contribution in [1.29, 1.82) is 0 Å². The Morgan fingerprint density at radius 3 is 2.50 bits per heavy atom. The van der Waals surface area contributed by atoms with Gasteiger partial charge in [-0.25, -0.2) is 0 Å². The molecule has 0 atom stereocenters. The van der Waals surface area contributed by atoms with Crippen LogP contribution in [0, 0.1) is 0 Å². The van der Waals surface area contributed by atoms with Gasteiger partial charge in [0.15, 0.2) is 17.3 Å². The van der Waals surface area contributed by atoms with Crippen molar-refractivity contribution < 1.29 is 24.1 Å². The number of ether oxygens (including phenoxy) is 3. The number of rotatable bonds is 6. The number of hydrogen-bond acceptors (Lipinski definition) is 5. The number of benzene rings is 1. The van der Waals surface area contributed by atoms with Crippen molar-refractivity contribution in [3.05, 3.63) is 18.2 Å². The fourth-order valence-electron chi connectivity index (χ4n) is 1.18. The lowest BCUT2D eigenvalue weighted by atomic mass is 10.3. The summed E-state index contributed by atoms with van der Waals surface area (Å²) in [7, 11) is 3.00. The van der Waals surface area contributed by atoms with Gasteiger partial charge in [0.2, 0.25) is 5.75 Å². The van der Waals surface area contributed by atoms with Gasteiger partial charge in [0, 0.05) is 0 Å². The van der Waals surface area contributed by atoms with Crippen LogP contribution in [0.15, 0.2) is 18.2 Å². The molecule has 0 spiro atoms. The molecular formula is C11H14O5. The van der Waals surface area contributed by atoms with Gasteiger partial charge < -0.3 is 19.3 Å². The molecule has 88 valence electrons. The zero-order valence-electron chi connectivity index (χ0n) is 9.23. The molecule has 0 aliphatic rings. The largest absolute Gasteiger partial charge is 0.493 e. The molecule has 0 unspecified atom stereocenters. The highest BCUT2D eigenvalue weighted by molar-refractivity contribution is 5.81. The Hall–Kier alpha value is -1.75. The molecule has 1 rings (SSSR count). The van der Waals surface area contributed by atoms with Gasteiger partial charge in [-0.2, -0.15) is 0 Å². The van der Waals surface area contributed by atoms with Crippen LogP contribution in [0.5, 0.6) is 17.2 Å². The molecule has 0 bridgehead atoms. The summed E-state index contributed by atoms with van der Waals surface area (Å²) in [6, 6.07) is 5.10. The number of aliphatic hydroxyl groups excluding tert-OH is 1. The molecular weight excluding hydrogens is 212 g/mol. The van der Waals surface area contributed by atoms with Crippen LogP contribution in [0.2, 0.25) is 0 Å². The third-order valence-corrected chi connectivity index (χ3v) is 1.93. The Morgan fingerprint density at radius 2 is 1.94 bits per heavy atom. The number of carbonyl (C=O) groups is 1.